The molecule has 1 aliphatic heterocycles. The molecule has 1 saturated heterocycles. The number of aryl methyl sites for hydroxylation is 1. The molecule has 0 bridgehead atoms. The molecule has 4 rings (SSSR count). The summed E-state index contributed by atoms with van der Waals surface area (Å²) in [5.74, 6) is 1.22. The molecular weight excluding hydrogens is 432 g/mol. The van der Waals surface area contributed by atoms with Crippen LogP contribution in [0.1, 0.15) is 29.7 Å². The van der Waals surface area contributed by atoms with Crippen LogP contribution in [0.25, 0.3) is 0 Å². The van der Waals surface area contributed by atoms with Gasteiger partial charge in [0.1, 0.15) is 11.4 Å². The van der Waals surface area contributed by atoms with Crippen LogP contribution >= 0.6 is 11.8 Å². The summed E-state index contributed by atoms with van der Waals surface area (Å²) in [6, 6.07) is 6.80. The molecule has 0 unspecified atom stereocenters. The lowest BCUT2D eigenvalue weighted by Gasteiger charge is -2.17. The smallest absolute Gasteiger partial charge is 0.293 e. The molecule has 1 fully saturated rings. The molecular formula is C21H24N6O4S. The summed E-state index contributed by atoms with van der Waals surface area (Å²) in [5.41, 5.74) is 1.65. The molecule has 168 valence electrons. The highest BCUT2D eigenvalue weighted by molar-refractivity contribution is 7.99. The van der Waals surface area contributed by atoms with Gasteiger partial charge in [0.2, 0.25) is 11.9 Å². The van der Waals surface area contributed by atoms with Gasteiger partial charge in [-0.05, 0) is 49.9 Å². The predicted molar refractivity (Wildman–Crippen MR) is 121 cm³/mol. The van der Waals surface area contributed by atoms with Crippen molar-refractivity contribution in [3.05, 3.63) is 57.5 Å². The zero-order valence-electron chi connectivity index (χ0n) is 17.9. The van der Waals surface area contributed by atoms with Crippen molar-refractivity contribution in [1.82, 2.24) is 14.8 Å². The molecule has 32 heavy (non-hydrogen) atoms. The number of amides is 1. The highest BCUT2D eigenvalue weighted by Crippen LogP contribution is 2.31. The number of benzene rings is 1. The number of nitro benzene ring substituents is 1. The van der Waals surface area contributed by atoms with Crippen LogP contribution in [0.5, 0.6) is 0 Å². The fraction of sp³-hybridized carbons (Fsp3) is 0.381. The minimum atomic E-state index is -0.489. The van der Waals surface area contributed by atoms with Crippen LogP contribution in [-0.4, -0.2) is 44.4 Å². The van der Waals surface area contributed by atoms with E-state index in [0.717, 1.165) is 43.2 Å². The van der Waals surface area contributed by atoms with Crippen LogP contribution in [0.3, 0.4) is 0 Å². The predicted octanol–water partition coefficient (Wildman–Crippen LogP) is 3.78. The molecule has 0 spiro atoms. The second-order valence-electron chi connectivity index (χ2n) is 7.64. The number of hydrogen-bond donors (Lipinski definition) is 1. The van der Waals surface area contributed by atoms with Gasteiger partial charge >= 0.3 is 0 Å². The number of thioether (sulfide) groups is 1. The highest BCUT2D eigenvalue weighted by atomic mass is 32.2. The second kappa shape index (κ2) is 9.43. The van der Waals surface area contributed by atoms with E-state index >= 15 is 0 Å². The van der Waals surface area contributed by atoms with Crippen molar-refractivity contribution in [2.24, 2.45) is 0 Å². The number of nitrogens with zero attached hydrogens (tertiary/aromatic N) is 5. The molecule has 2 aromatic heterocycles. The van der Waals surface area contributed by atoms with E-state index in [1.807, 2.05) is 23.6 Å². The lowest BCUT2D eigenvalue weighted by molar-refractivity contribution is -0.384. The largest absolute Gasteiger partial charge is 0.467 e. The maximum absolute atomic E-state index is 12.7. The molecule has 1 N–H and O–H groups in total. The van der Waals surface area contributed by atoms with Gasteiger partial charge in [-0.25, -0.2) is 0 Å². The number of carbonyl (C=O) groups excluding carboxylic acids is 1. The van der Waals surface area contributed by atoms with Gasteiger partial charge in [-0.3, -0.25) is 19.5 Å². The summed E-state index contributed by atoms with van der Waals surface area (Å²) >= 11 is 1.24. The third kappa shape index (κ3) is 4.62. The maximum atomic E-state index is 12.7. The summed E-state index contributed by atoms with van der Waals surface area (Å²) < 4.78 is 7.44. The number of carbonyl (C=O) groups is 1. The minimum absolute atomic E-state index is 0.0425. The van der Waals surface area contributed by atoms with Crippen LogP contribution in [0.15, 0.2) is 40.1 Å². The van der Waals surface area contributed by atoms with Crippen LogP contribution in [0, 0.1) is 24.0 Å². The lowest BCUT2D eigenvalue weighted by atomic mass is 10.1. The van der Waals surface area contributed by atoms with E-state index < -0.39 is 4.92 Å². The van der Waals surface area contributed by atoms with Crippen molar-refractivity contribution in [3.8, 4) is 0 Å². The zero-order valence-corrected chi connectivity index (χ0v) is 18.7. The van der Waals surface area contributed by atoms with Crippen molar-refractivity contribution in [1.29, 1.82) is 0 Å². The fourth-order valence-corrected chi connectivity index (χ4v) is 4.39. The first-order valence-electron chi connectivity index (χ1n) is 10.3. The van der Waals surface area contributed by atoms with Gasteiger partial charge in [-0.1, -0.05) is 17.8 Å². The highest BCUT2D eigenvalue weighted by Gasteiger charge is 2.24. The lowest BCUT2D eigenvalue weighted by Crippen LogP contribution is -2.23. The third-order valence-corrected chi connectivity index (χ3v) is 6.45. The average Bonchev–Trinajstić information content (AvgIpc) is 3.52. The van der Waals surface area contributed by atoms with Crippen molar-refractivity contribution >= 4 is 35.0 Å². The summed E-state index contributed by atoms with van der Waals surface area (Å²) in [6.45, 7) is 5.89. The van der Waals surface area contributed by atoms with E-state index in [-0.39, 0.29) is 23.0 Å². The molecule has 0 saturated carbocycles. The monoisotopic (exact) mass is 456 g/mol. The Bertz CT molecular complexity index is 1120. The van der Waals surface area contributed by atoms with Gasteiger partial charge in [0.15, 0.2) is 5.16 Å². The Morgan fingerprint density at radius 1 is 1.25 bits per heavy atom. The third-order valence-electron chi connectivity index (χ3n) is 5.49. The Morgan fingerprint density at radius 2 is 2.03 bits per heavy atom. The summed E-state index contributed by atoms with van der Waals surface area (Å²) in [6.07, 6.45) is 3.83. The van der Waals surface area contributed by atoms with E-state index in [4.69, 9.17) is 4.42 Å². The van der Waals surface area contributed by atoms with Gasteiger partial charge in [0, 0.05) is 19.2 Å². The Morgan fingerprint density at radius 3 is 2.72 bits per heavy atom. The molecule has 0 radical (unpaired) electrons. The van der Waals surface area contributed by atoms with Gasteiger partial charge < -0.3 is 14.6 Å². The molecule has 1 aromatic carbocycles. The van der Waals surface area contributed by atoms with Gasteiger partial charge in [-0.2, -0.15) is 0 Å². The number of anilines is 2. The standard InChI is InChI=1S/C21H24N6O4S/c1-14-7-8-17(27(29)30)19(15(14)2)22-18(28)13-32-21-24-23-20(25-9-3-4-10-25)26(21)12-16-6-5-11-31-16/h5-8,11H,3-4,9-10,12-13H2,1-2H3,(H,22,28). The first kappa shape index (κ1) is 21.9. The topological polar surface area (TPSA) is 119 Å². The molecule has 3 heterocycles. The SMILES string of the molecule is Cc1ccc([N+](=O)[O-])c(NC(=O)CSc2nnc(N3CCCC3)n2Cc2ccco2)c1C. The Labute approximate surface area is 189 Å². The number of nitrogens with one attached hydrogen (secondary N) is 1. The Hall–Kier alpha value is -3.34. The molecule has 1 aliphatic rings. The van der Waals surface area contributed by atoms with E-state index in [1.165, 1.54) is 17.8 Å². The van der Waals surface area contributed by atoms with Crippen molar-refractivity contribution < 1.29 is 14.1 Å². The number of aromatic nitrogens is 3. The van der Waals surface area contributed by atoms with Crippen LogP contribution in [0.2, 0.25) is 0 Å². The number of rotatable bonds is 8. The first-order valence-corrected chi connectivity index (χ1v) is 11.3. The van der Waals surface area contributed by atoms with Crippen LogP contribution in [0.4, 0.5) is 17.3 Å². The summed E-state index contributed by atoms with van der Waals surface area (Å²) in [4.78, 5) is 25.8. The first-order chi connectivity index (χ1) is 15.4. The number of furan rings is 1. The van der Waals surface area contributed by atoms with E-state index in [0.29, 0.717) is 17.3 Å². The molecule has 0 aliphatic carbocycles. The molecule has 11 heteroatoms. The fourth-order valence-electron chi connectivity index (χ4n) is 3.65. The van der Waals surface area contributed by atoms with Crippen molar-refractivity contribution in [3.63, 3.8) is 0 Å². The quantitative estimate of drug-likeness (QED) is 0.309. The normalized spacial score (nSPS) is 13.5. The molecule has 10 nitrogen and oxygen atoms in total. The van der Waals surface area contributed by atoms with Crippen LogP contribution < -0.4 is 10.2 Å². The Kier molecular flexibility index (Phi) is 6.45. The summed E-state index contributed by atoms with van der Waals surface area (Å²) in [7, 11) is 0. The van der Waals surface area contributed by atoms with Gasteiger partial charge in [-0.15, -0.1) is 10.2 Å². The summed E-state index contributed by atoms with van der Waals surface area (Å²) in [5, 5.41) is 23.3. The van der Waals surface area contributed by atoms with Gasteiger partial charge in [0.05, 0.1) is 23.5 Å². The van der Waals surface area contributed by atoms with E-state index in [2.05, 4.69) is 20.4 Å². The van der Waals surface area contributed by atoms with Gasteiger partial charge in [0.25, 0.3) is 5.69 Å². The van der Waals surface area contributed by atoms with Crippen LogP contribution in [-0.2, 0) is 11.3 Å². The Balaban J connectivity index is 1.51. The van der Waals surface area contributed by atoms with E-state index in [1.54, 1.807) is 19.3 Å². The zero-order chi connectivity index (χ0) is 22.7. The number of nitro groups is 1. The second-order valence-corrected chi connectivity index (χ2v) is 8.58. The molecule has 0 atom stereocenters. The maximum Gasteiger partial charge on any atom is 0.293 e. The van der Waals surface area contributed by atoms with Crippen molar-refractivity contribution in [2.75, 3.05) is 29.1 Å². The van der Waals surface area contributed by atoms with E-state index in [9.17, 15) is 14.9 Å². The minimum Gasteiger partial charge on any atom is -0.467 e. The van der Waals surface area contributed by atoms with Crippen molar-refractivity contribution in [2.45, 2.75) is 38.4 Å². The number of hydrogen-bond acceptors (Lipinski definition) is 8. The molecule has 1 amide bonds. The average molecular weight is 457 g/mol. The molecule has 3 aromatic rings.